The van der Waals surface area contributed by atoms with Crippen LogP contribution in [-0.4, -0.2) is 65.0 Å². The first-order valence-electron chi connectivity index (χ1n) is 7.93. The molecule has 3 heterocycles. The summed E-state index contributed by atoms with van der Waals surface area (Å²) in [6.45, 7) is 2.85. The smallest absolute Gasteiger partial charge is 0.304 e. The van der Waals surface area contributed by atoms with Crippen molar-refractivity contribution >= 4 is 29.5 Å². The fourth-order valence-corrected chi connectivity index (χ4v) is 3.12. The molecule has 1 aromatic rings. The third-order valence-corrected chi connectivity index (χ3v) is 4.59. The Bertz CT molecular complexity index is 737. The second kappa shape index (κ2) is 7.02. The number of hydrogen-bond acceptors (Lipinski definition) is 3. The maximum atomic E-state index is 12.5. The molecule has 0 N–H and O–H groups in total. The van der Waals surface area contributed by atoms with Crippen molar-refractivity contribution in [3.8, 4) is 6.07 Å². The molecule has 2 aliphatic heterocycles. The summed E-state index contributed by atoms with van der Waals surface area (Å²) in [5.41, 5.74) is 2.30. The van der Waals surface area contributed by atoms with Gasteiger partial charge in [0.25, 0.3) is 0 Å². The molecule has 124 valence electrons. The molecule has 0 bridgehead atoms. The molecule has 1 aromatic heterocycles. The van der Waals surface area contributed by atoms with Gasteiger partial charge in [-0.05, 0) is 30.5 Å². The van der Waals surface area contributed by atoms with Crippen LogP contribution < -0.4 is 0 Å². The van der Waals surface area contributed by atoms with Crippen molar-refractivity contribution in [3.05, 3.63) is 34.6 Å². The highest BCUT2D eigenvalue weighted by Gasteiger charge is 2.31. The predicted octanol–water partition coefficient (Wildman–Crippen LogP) is 2.21. The zero-order valence-electron chi connectivity index (χ0n) is 13.6. The number of rotatable bonds is 1. The van der Waals surface area contributed by atoms with Gasteiger partial charge in [0.15, 0.2) is 0 Å². The van der Waals surface area contributed by atoms with E-state index in [0.717, 1.165) is 18.7 Å². The molecule has 1 saturated heterocycles. The van der Waals surface area contributed by atoms with Crippen LogP contribution in [0.5, 0.6) is 0 Å². The predicted molar refractivity (Wildman–Crippen MR) is 91.8 cm³/mol. The molecule has 6 nitrogen and oxygen atoms in total. The van der Waals surface area contributed by atoms with Crippen LogP contribution in [0.25, 0.3) is 5.57 Å². The average Bonchev–Trinajstić information content (AvgIpc) is 3.04. The molecule has 2 aliphatic rings. The largest absolute Gasteiger partial charge is 0.411 e. The summed E-state index contributed by atoms with van der Waals surface area (Å²) in [6, 6.07) is 5.80. The molecule has 1 fully saturated rings. The van der Waals surface area contributed by atoms with Crippen LogP contribution in [0.4, 0.5) is 4.79 Å². The molecule has 2 amide bonds. The Kier molecular flexibility index (Phi) is 4.81. The van der Waals surface area contributed by atoms with Crippen LogP contribution in [0.1, 0.15) is 18.5 Å². The van der Waals surface area contributed by atoms with Crippen LogP contribution in [0.2, 0.25) is 5.02 Å². The number of carbonyl (C=O) groups is 1. The molecule has 0 spiro atoms. The second-order valence-electron chi connectivity index (χ2n) is 6.01. The van der Waals surface area contributed by atoms with E-state index in [-0.39, 0.29) is 6.03 Å². The molecule has 0 aromatic carbocycles. The fraction of sp³-hybridized carbons (Fsp3) is 0.412. The molecule has 0 aliphatic carbocycles. The minimum absolute atomic E-state index is 0.0431. The van der Waals surface area contributed by atoms with Gasteiger partial charge < -0.3 is 4.90 Å². The number of nitrogens with zero attached hydrogens (tertiary/aromatic N) is 5. The molecule has 7 heteroatoms. The highest BCUT2D eigenvalue weighted by Crippen LogP contribution is 2.26. The van der Waals surface area contributed by atoms with Gasteiger partial charge in [-0.25, -0.2) is 4.79 Å². The summed E-state index contributed by atoms with van der Waals surface area (Å²) >= 11 is 5.86. The van der Waals surface area contributed by atoms with Crippen LogP contribution >= 0.6 is 11.6 Å². The number of piperidine rings is 1. The number of amides is 2. The van der Waals surface area contributed by atoms with Gasteiger partial charge in [0, 0.05) is 19.3 Å². The summed E-state index contributed by atoms with van der Waals surface area (Å²) in [7, 11) is 1.96. The van der Waals surface area contributed by atoms with Gasteiger partial charge in [0.05, 0.1) is 23.3 Å². The van der Waals surface area contributed by atoms with Crippen molar-refractivity contribution in [2.45, 2.75) is 12.8 Å². The SMILES string of the molecule is C[N+]1=CN(C(=O)N2CCC(=C(C#N)c3ccc(Cl)cn3)CC2)CC1. The quantitative estimate of drug-likeness (QED) is 0.579. The molecule has 24 heavy (non-hydrogen) atoms. The van der Waals surface area contributed by atoms with Crippen LogP contribution in [0, 0.1) is 11.3 Å². The third-order valence-electron chi connectivity index (χ3n) is 4.36. The zero-order chi connectivity index (χ0) is 17.1. The highest BCUT2D eigenvalue weighted by molar-refractivity contribution is 6.30. The summed E-state index contributed by atoms with van der Waals surface area (Å²) in [4.78, 5) is 20.3. The van der Waals surface area contributed by atoms with Gasteiger partial charge >= 0.3 is 6.03 Å². The maximum Gasteiger partial charge on any atom is 0.411 e. The minimum Gasteiger partial charge on any atom is -0.304 e. The Morgan fingerprint density at radius 3 is 2.62 bits per heavy atom. The van der Waals surface area contributed by atoms with Gasteiger partial charge in [-0.1, -0.05) is 11.6 Å². The van der Waals surface area contributed by atoms with Crippen molar-refractivity contribution in [3.63, 3.8) is 0 Å². The molecule has 0 radical (unpaired) electrons. The lowest BCUT2D eigenvalue weighted by Crippen LogP contribution is -2.44. The summed E-state index contributed by atoms with van der Waals surface area (Å²) in [5, 5.41) is 10.0. The van der Waals surface area contributed by atoms with E-state index in [0.29, 0.717) is 42.2 Å². The van der Waals surface area contributed by atoms with E-state index in [4.69, 9.17) is 11.6 Å². The van der Waals surface area contributed by atoms with Crippen molar-refractivity contribution in [1.29, 1.82) is 5.26 Å². The Morgan fingerprint density at radius 1 is 1.33 bits per heavy atom. The van der Waals surface area contributed by atoms with E-state index < -0.39 is 0 Å². The first-order chi connectivity index (χ1) is 11.6. The van der Waals surface area contributed by atoms with Gasteiger partial charge in [-0.15, -0.1) is 0 Å². The van der Waals surface area contributed by atoms with E-state index in [1.165, 1.54) is 0 Å². The number of hydrogen-bond donors (Lipinski definition) is 0. The minimum atomic E-state index is 0.0431. The zero-order valence-corrected chi connectivity index (χ0v) is 14.3. The standard InChI is InChI=1S/C17H19ClN5O/c1-21-8-9-23(12-21)17(24)22-6-4-13(5-7-22)15(10-19)16-3-2-14(18)11-20-16/h2-3,11-12H,4-9H2,1H3/q+1. The van der Waals surface area contributed by atoms with Gasteiger partial charge in [-0.2, -0.15) is 10.2 Å². The van der Waals surface area contributed by atoms with Crippen molar-refractivity contribution < 1.29 is 9.37 Å². The first-order valence-corrected chi connectivity index (χ1v) is 8.31. The van der Waals surface area contributed by atoms with Gasteiger partial charge in [-0.3, -0.25) is 9.56 Å². The first kappa shape index (κ1) is 16.5. The molecular formula is C17H19ClN5O+. The molecule has 3 rings (SSSR count). The summed E-state index contributed by atoms with van der Waals surface area (Å²) in [5.74, 6) is 0. The number of allylic oxidation sites excluding steroid dienone is 1. The Morgan fingerprint density at radius 2 is 2.08 bits per heavy atom. The Hall–Kier alpha value is -2.39. The fourth-order valence-electron chi connectivity index (χ4n) is 3.00. The van der Waals surface area contributed by atoms with E-state index in [1.54, 1.807) is 23.2 Å². The van der Waals surface area contributed by atoms with Crippen molar-refractivity contribution in [1.82, 2.24) is 14.8 Å². The lowest BCUT2D eigenvalue weighted by atomic mass is 9.96. The topological polar surface area (TPSA) is 63.2 Å². The summed E-state index contributed by atoms with van der Waals surface area (Å²) in [6.07, 6.45) is 4.80. The summed E-state index contributed by atoms with van der Waals surface area (Å²) < 4.78 is 2.01. The lowest BCUT2D eigenvalue weighted by Gasteiger charge is -2.28. The number of halogens is 1. The van der Waals surface area contributed by atoms with Crippen molar-refractivity contribution in [2.24, 2.45) is 0 Å². The number of carbonyl (C=O) groups excluding carboxylic acids is 1. The molecule has 0 atom stereocenters. The van der Waals surface area contributed by atoms with Gasteiger partial charge in [0.2, 0.25) is 6.34 Å². The molecule has 0 saturated carbocycles. The lowest BCUT2D eigenvalue weighted by molar-refractivity contribution is -0.482. The van der Waals surface area contributed by atoms with E-state index in [1.807, 2.05) is 22.9 Å². The number of pyridine rings is 1. The number of likely N-dealkylation sites (N-methyl/N-ethyl adjacent to an activating group) is 1. The average molecular weight is 345 g/mol. The second-order valence-corrected chi connectivity index (χ2v) is 6.45. The van der Waals surface area contributed by atoms with E-state index in [2.05, 4.69) is 11.1 Å². The van der Waals surface area contributed by atoms with Gasteiger partial charge in [0.1, 0.15) is 19.2 Å². The Balaban J connectivity index is 1.70. The monoisotopic (exact) mass is 344 g/mol. The van der Waals surface area contributed by atoms with E-state index >= 15 is 0 Å². The molecule has 0 unspecified atom stereocenters. The number of urea groups is 1. The Labute approximate surface area is 146 Å². The van der Waals surface area contributed by atoms with Crippen LogP contribution in [0.15, 0.2) is 23.9 Å². The number of aromatic nitrogens is 1. The maximum absolute atomic E-state index is 12.5. The molecular weight excluding hydrogens is 326 g/mol. The highest BCUT2D eigenvalue weighted by atomic mass is 35.5. The van der Waals surface area contributed by atoms with Crippen molar-refractivity contribution in [2.75, 3.05) is 33.2 Å². The number of likely N-dealkylation sites (tertiary alicyclic amines) is 1. The third kappa shape index (κ3) is 3.41. The van der Waals surface area contributed by atoms with E-state index in [9.17, 15) is 10.1 Å². The normalized spacial score (nSPS) is 17.5. The van der Waals surface area contributed by atoms with Crippen LogP contribution in [0.3, 0.4) is 0 Å². The van der Waals surface area contributed by atoms with Crippen LogP contribution in [-0.2, 0) is 0 Å². The number of nitriles is 1.